The fourth-order valence-electron chi connectivity index (χ4n) is 4.36. The van der Waals surface area contributed by atoms with E-state index in [0.717, 1.165) is 29.2 Å². The highest BCUT2D eigenvalue weighted by Gasteiger charge is 2.18. The molecule has 1 aliphatic rings. The fourth-order valence-corrected chi connectivity index (χ4v) is 4.36. The summed E-state index contributed by atoms with van der Waals surface area (Å²) in [5.74, 6) is 7.62. The predicted octanol–water partition coefficient (Wildman–Crippen LogP) is 7.45. The molecule has 0 spiro atoms. The lowest BCUT2D eigenvalue weighted by molar-refractivity contribution is 0.278. The Morgan fingerprint density at radius 2 is 1.66 bits per heavy atom. The van der Waals surface area contributed by atoms with E-state index in [-0.39, 0.29) is 5.82 Å². The number of benzene rings is 3. The first-order valence-corrected chi connectivity index (χ1v) is 10.9. The molecule has 0 saturated heterocycles. The van der Waals surface area contributed by atoms with Crippen molar-refractivity contribution < 1.29 is 4.39 Å². The molecule has 0 nitrogen and oxygen atoms in total. The molecule has 0 amide bonds. The molecule has 0 atom stereocenters. The Labute approximate surface area is 174 Å². The summed E-state index contributed by atoms with van der Waals surface area (Å²) in [6, 6.07) is 18.0. The summed E-state index contributed by atoms with van der Waals surface area (Å²) in [5, 5.41) is 1.63. The Morgan fingerprint density at radius 1 is 0.897 bits per heavy atom. The van der Waals surface area contributed by atoms with Crippen molar-refractivity contribution in [3.8, 4) is 11.8 Å². The van der Waals surface area contributed by atoms with Crippen molar-refractivity contribution in [1.82, 2.24) is 0 Å². The molecule has 29 heavy (non-hydrogen) atoms. The quantitative estimate of drug-likeness (QED) is 0.411. The number of aryl methyl sites for hydroxylation is 2. The molecule has 0 aromatic heterocycles. The number of hydrogen-bond donors (Lipinski definition) is 0. The van der Waals surface area contributed by atoms with E-state index in [1.165, 1.54) is 43.2 Å². The van der Waals surface area contributed by atoms with Crippen molar-refractivity contribution in [2.24, 2.45) is 11.8 Å². The molecule has 1 saturated carbocycles. The summed E-state index contributed by atoms with van der Waals surface area (Å²) < 4.78 is 15.0. The van der Waals surface area contributed by atoms with Crippen LogP contribution in [0.2, 0.25) is 0 Å². The average molecular weight is 385 g/mol. The maximum atomic E-state index is 15.0. The van der Waals surface area contributed by atoms with Crippen molar-refractivity contribution in [3.05, 3.63) is 82.7 Å². The van der Waals surface area contributed by atoms with Gasteiger partial charge in [-0.3, -0.25) is 0 Å². The fraction of sp³-hybridized carbons (Fsp3) is 0.357. The molecule has 0 radical (unpaired) electrons. The second kappa shape index (κ2) is 8.83. The molecule has 0 N–H and O–H groups in total. The van der Waals surface area contributed by atoms with Gasteiger partial charge < -0.3 is 0 Å². The van der Waals surface area contributed by atoms with Crippen LogP contribution in [0.4, 0.5) is 4.39 Å². The molecule has 0 bridgehead atoms. The van der Waals surface area contributed by atoms with E-state index in [0.29, 0.717) is 10.9 Å². The zero-order valence-corrected chi connectivity index (χ0v) is 17.5. The van der Waals surface area contributed by atoms with Crippen LogP contribution in [0.5, 0.6) is 0 Å². The summed E-state index contributed by atoms with van der Waals surface area (Å²) in [5.41, 5.74) is 3.87. The molecule has 3 aromatic carbocycles. The minimum Gasteiger partial charge on any atom is -0.205 e. The second-order valence-electron chi connectivity index (χ2n) is 8.76. The first-order chi connectivity index (χ1) is 14.1. The standard InChI is InChI=1S/C28H29F/c1-20-3-7-22(8-4-20)11-12-24-14-18-27-26(19-24)17-16-25(28(27)29)15-13-23-9-5-21(2)6-10-23/h5-6,9-10,14,16-20,22H,3-4,7-8,11-12H2,1-2H3. The maximum absolute atomic E-state index is 15.0. The minimum absolute atomic E-state index is 0.213. The zero-order valence-electron chi connectivity index (χ0n) is 17.5. The van der Waals surface area contributed by atoms with Gasteiger partial charge in [0.15, 0.2) is 0 Å². The Kier molecular flexibility index (Phi) is 6.00. The van der Waals surface area contributed by atoms with Gasteiger partial charge >= 0.3 is 0 Å². The van der Waals surface area contributed by atoms with Crippen LogP contribution in [0, 0.1) is 36.4 Å². The van der Waals surface area contributed by atoms with Gasteiger partial charge in [0.1, 0.15) is 5.82 Å². The normalized spacial score (nSPS) is 19.0. The van der Waals surface area contributed by atoms with Gasteiger partial charge in [-0.05, 0) is 60.7 Å². The highest BCUT2D eigenvalue weighted by Crippen LogP contribution is 2.31. The van der Waals surface area contributed by atoms with E-state index >= 15 is 0 Å². The van der Waals surface area contributed by atoms with E-state index < -0.39 is 0 Å². The largest absolute Gasteiger partial charge is 0.205 e. The van der Waals surface area contributed by atoms with Crippen LogP contribution >= 0.6 is 0 Å². The van der Waals surface area contributed by atoms with Crippen LogP contribution < -0.4 is 0 Å². The third-order valence-electron chi connectivity index (χ3n) is 6.39. The average Bonchev–Trinajstić information content (AvgIpc) is 2.74. The lowest BCUT2D eigenvalue weighted by Gasteiger charge is -2.26. The summed E-state index contributed by atoms with van der Waals surface area (Å²) in [6.07, 6.45) is 7.82. The Balaban J connectivity index is 1.49. The number of hydrogen-bond acceptors (Lipinski definition) is 0. The molecule has 0 aliphatic heterocycles. The molecule has 1 aliphatic carbocycles. The Bertz CT molecular complexity index is 1040. The van der Waals surface area contributed by atoms with Crippen molar-refractivity contribution in [2.75, 3.05) is 0 Å². The molecule has 1 heteroatoms. The zero-order chi connectivity index (χ0) is 20.2. The molecule has 4 rings (SSSR count). The molecule has 148 valence electrons. The van der Waals surface area contributed by atoms with Crippen molar-refractivity contribution in [2.45, 2.75) is 52.4 Å². The van der Waals surface area contributed by atoms with Crippen LogP contribution in [0.15, 0.2) is 54.6 Å². The van der Waals surface area contributed by atoms with Gasteiger partial charge in [-0.1, -0.05) is 86.4 Å². The topological polar surface area (TPSA) is 0 Å². The van der Waals surface area contributed by atoms with Gasteiger partial charge in [-0.25, -0.2) is 4.39 Å². The van der Waals surface area contributed by atoms with Crippen molar-refractivity contribution in [3.63, 3.8) is 0 Å². The summed E-state index contributed by atoms with van der Waals surface area (Å²) in [4.78, 5) is 0. The second-order valence-corrected chi connectivity index (χ2v) is 8.76. The van der Waals surface area contributed by atoms with E-state index in [2.05, 4.69) is 30.9 Å². The Morgan fingerprint density at radius 3 is 2.41 bits per heavy atom. The first-order valence-electron chi connectivity index (χ1n) is 10.9. The minimum atomic E-state index is -0.213. The van der Waals surface area contributed by atoms with Gasteiger partial charge in [0.25, 0.3) is 0 Å². The van der Waals surface area contributed by atoms with Gasteiger partial charge in [-0.2, -0.15) is 0 Å². The molecule has 3 aromatic rings. The monoisotopic (exact) mass is 384 g/mol. The summed E-state index contributed by atoms with van der Waals surface area (Å²) in [6.45, 7) is 4.41. The van der Waals surface area contributed by atoms with E-state index in [1.807, 2.05) is 49.4 Å². The third-order valence-corrected chi connectivity index (χ3v) is 6.39. The maximum Gasteiger partial charge on any atom is 0.146 e. The van der Waals surface area contributed by atoms with Crippen LogP contribution in [0.25, 0.3) is 10.8 Å². The highest BCUT2D eigenvalue weighted by atomic mass is 19.1. The van der Waals surface area contributed by atoms with Crippen LogP contribution in [-0.4, -0.2) is 0 Å². The van der Waals surface area contributed by atoms with Crippen LogP contribution in [0.3, 0.4) is 0 Å². The summed E-state index contributed by atoms with van der Waals surface area (Å²) >= 11 is 0. The van der Waals surface area contributed by atoms with Gasteiger partial charge in [0.05, 0.1) is 5.56 Å². The van der Waals surface area contributed by atoms with Crippen molar-refractivity contribution in [1.29, 1.82) is 0 Å². The molecular weight excluding hydrogens is 355 g/mol. The SMILES string of the molecule is Cc1ccc(C#Cc2ccc3cc(CCC4CCC(C)CC4)ccc3c2F)cc1. The van der Waals surface area contributed by atoms with Gasteiger partial charge in [0.2, 0.25) is 0 Å². The molecule has 0 unspecified atom stereocenters. The van der Waals surface area contributed by atoms with Crippen LogP contribution in [-0.2, 0) is 6.42 Å². The molecular formula is C28H29F. The highest BCUT2D eigenvalue weighted by molar-refractivity contribution is 5.85. The number of rotatable bonds is 3. The van der Waals surface area contributed by atoms with Gasteiger partial charge in [0, 0.05) is 10.9 Å². The molecule has 0 heterocycles. The van der Waals surface area contributed by atoms with E-state index in [4.69, 9.17) is 0 Å². The van der Waals surface area contributed by atoms with Crippen molar-refractivity contribution >= 4 is 10.8 Å². The molecule has 1 fully saturated rings. The first kappa shape index (κ1) is 19.7. The Hall–Kier alpha value is -2.59. The van der Waals surface area contributed by atoms with E-state index in [1.54, 1.807) is 0 Å². The predicted molar refractivity (Wildman–Crippen MR) is 121 cm³/mol. The lowest BCUT2D eigenvalue weighted by Crippen LogP contribution is -2.12. The number of fused-ring (bicyclic) bond motifs is 1. The number of halogens is 1. The van der Waals surface area contributed by atoms with Gasteiger partial charge in [-0.15, -0.1) is 0 Å². The smallest absolute Gasteiger partial charge is 0.146 e. The van der Waals surface area contributed by atoms with E-state index in [9.17, 15) is 4.39 Å². The third kappa shape index (κ3) is 4.88. The van der Waals surface area contributed by atoms with Crippen LogP contribution in [0.1, 0.15) is 61.3 Å². The lowest BCUT2D eigenvalue weighted by atomic mass is 9.80. The summed E-state index contributed by atoms with van der Waals surface area (Å²) in [7, 11) is 0.